The number of hydrogen-bond donors (Lipinski definition) is 1. The molecule has 1 rings (SSSR count). The van der Waals surface area contributed by atoms with Crippen molar-refractivity contribution in [3.8, 4) is 5.75 Å². The Labute approximate surface area is 91.2 Å². The summed E-state index contributed by atoms with van der Waals surface area (Å²) in [6.07, 6.45) is 3.72. The number of rotatable bonds is 6. The van der Waals surface area contributed by atoms with Crippen LogP contribution in [-0.2, 0) is 0 Å². The maximum absolute atomic E-state index is 5.66. The summed E-state index contributed by atoms with van der Waals surface area (Å²) in [5, 5.41) is 3.20. The van der Waals surface area contributed by atoms with E-state index in [1.807, 2.05) is 32.1 Å². The number of pyridine rings is 1. The third-order valence-electron chi connectivity index (χ3n) is 1.94. The molecule has 0 aliphatic rings. The molecular weight excluding hydrogens is 188 g/mol. The second-order valence-corrected chi connectivity index (χ2v) is 3.51. The van der Waals surface area contributed by atoms with Crippen LogP contribution in [-0.4, -0.2) is 24.2 Å². The zero-order chi connectivity index (χ0) is 11.1. The van der Waals surface area contributed by atoms with E-state index in [1.165, 1.54) is 0 Å². The lowest BCUT2D eigenvalue weighted by atomic mass is 10.3. The minimum Gasteiger partial charge on any atom is -0.488 e. The number of hydrogen-bond acceptors (Lipinski definition) is 3. The Bertz CT molecular complexity index is 295. The van der Waals surface area contributed by atoms with Crippen LogP contribution >= 0.6 is 0 Å². The largest absolute Gasteiger partial charge is 0.488 e. The van der Waals surface area contributed by atoms with Gasteiger partial charge in [-0.2, -0.15) is 0 Å². The lowest BCUT2D eigenvalue weighted by molar-refractivity contribution is 0.218. The normalized spacial score (nSPS) is 12.1. The molecule has 0 amide bonds. The molecule has 0 aliphatic carbocycles. The van der Waals surface area contributed by atoms with Crippen molar-refractivity contribution < 1.29 is 4.74 Å². The molecule has 1 aromatic rings. The lowest BCUT2D eigenvalue weighted by Gasteiger charge is -2.14. The summed E-state index contributed by atoms with van der Waals surface area (Å²) in [4.78, 5) is 4.17. The van der Waals surface area contributed by atoms with E-state index in [-0.39, 0.29) is 6.10 Å². The number of aromatic nitrogens is 1. The van der Waals surface area contributed by atoms with E-state index in [0.29, 0.717) is 0 Å². The van der Waals surface area contributed by atoms with E-state index >= 15 is 0 Å². The SMILES string of the molecule is C=CCNCC(C)Oc1ccc(C)nc1. The summed E-state index contributed by atoms with van der Waals surface area (Å²) in [5.74, 6) is 0.813. The summed E-state index contributed by atoms with van der Waals surface area (Å²) < 4.78 is 5.66. The predicted octanol–water partition coefficient (Wildman–Crippen LogP) is 1.93. The van der Waals surface area contributed by atoms with Crippen LogP contribution in [0.15, 0.2) is 31.0 Å². The topological polar surface area (TPSA) is 34.1 Å². The van der Waals surface area contributed by atoms with Gasteiger partial charge in [0, 0.05) is 18.8 Å². The second-order valence-electron chi connectivity index (χ2n) is 3.51. The van der Waals surface area contributed by atoms with Crippen LogP contribution in [0.5, 0.6) is 5.75 Å². The van der Waals surface area contributed by atoms with Crippen molar-refractivity contribution in [1.82, 2.24) is 10.3 Å². The Kier molecular flexibility index (Phi) is 4.84. The van der Waals surface area contributed by atoms with Crippen LogP contribution in [0.4, 0.5) is 0 Å². The molecule has 1 N–H and O–H groups in total. The van der Waals surface area contributed by atoms with Gasteiger partial charge in [-0.05, 0) is 26.0 Å². The van der Waals surface area contributed by atoms with Gasteiger partial charge in [-0.15, -0.1) is 6.58 Å². The molecule has 0 bridgehead atoms. The molecule has 3 nitrogen and oxygen atoms in total. The molecular formula is C12H18N2O. The summed E-state index contributed by atoms with van der Waals surface area (Å²) in [6, 6.07) is 3.88. The van der Waals surface area contributed by atoms with Crippen LogP contribution in [0, 0.1) is 6.92 Å². The molecule has 0 saturated heterocycles. The number of ether oxygens (including phenoxy) is 1. The van der Waals surface area contributed by atoms with Crippen molar-refractivity contribution in [3.63, 3.8) is 0 Å². The van der Waals surface area contributed by atoms with Crippen molar-refractivity contribution in [2.24, 2.45) is 0 Å². The van der Waals surface area contributed by atoms with E-state index in [1.54, 1.807) is 6.20 Å². The zero-order valence-electron chi connectivity index (χ0n) is 9.36. The smallest absolute Gasteiger partial charge is 0.138 e. The summed E-state index contributed by atoms with van der Waals surface area (Å²) in [7, 11) is 0. The van der Waals surface area contributed by atoms with Crippen molar-refractivity contribution >= 4 is 0 Å². The Hall–Kier alpha value is -1.35. The first-order chi connectivity index (χ1) is 7.22. The van der Waals surface area contributed by atoms with Gasteiger partial charge in [0.05, 0.1) is 6.20 Å². The standard InChI is InChI=1S/C12H18N2O/c1-4-7-13-8-11(3)15-12-6-5-10(2)14-9-12/h4-6,9,11,13H,1,7-8H2,2-3H3. The van der Waals surface area contributed by atoms with Crippen molar-refractivity contribution in [2.75, 3.05) is 13.1 Å². The highest BCUT2D eigenvalue weighted by atomic mass is 16.5. The van der Waals surface area contributed by atoms with Crippen molar-refractivity contribution in [3.05, 3.63) is 36.7 Å². The zero-order valence-corrected chi connectivity index (χ0v) is 9.36. The van der Waals surface area contributed by atoms with Crippen LogP contribution in [0.1, 0.15) is 12.6 Å². The Morgan fingerprint density at radius 1 is 1.60 bits per heavy atom. The molecule has 82 valence electrons. The van der Waals surface area contributed by atoms with Crippen LogP contribution < -0.4 is 10.1 Å². The lowest BCUT2D eigenvalue weighted by Crippen LogP contribution is -2.28. The number of nitrogens with one attached hydrogen (secondary N) is 1. The van der Waals surface area contributed by atoms with E-state index in [0.717, 1.165) is 24.5 Å². The molecule has 0 radical (unpaired) electrons. The highest BCUT2D eigenvalue weighted by Gasteiger charge is 2.02. The van der Waals surface area contributed by atoms with Gasteiger partial charge in [-0.25, -0.2) is 0 Å². The van der Waals surface area contributed by atoms with Crippen molar-refractivity contribution in [1.29, 1.82) is 0 Å². The molecule has 0 aromatic carbocycles. The monoisotopic (exact) mass is 206 g/mol. The average molecular weight is 206 g/mol. The van der Waals surface area contributed by atoms with Crippen LogP contribution in [0.2, 0.25) is 0 Å². The average Bonchev–Trinajstić information content (AvgIpc) is 2.22. The van der Waals surface area contributed by atoms with Crippen LogP contribution in [0.25, 0.3) is 0 Å². The molecule has 3 heteroatoms. The molecule has 1 aromatic heterocycles. The molecule has 15 heavy (non-hydrogen) atoms. The molecule has 1 atom stereocenters. The van der Waals surface area contributed by atoms with E-state index in [9.17, 15) is 0 Å². The van der Waals surface area contributed by atoms with Crippen LogP contribution in [0.3, 0.4) is 0 Å². The maximum atomic E-state index is 5.66. The summed E-state index contributed by atoms with van der Waals surface area (Å²) in [6.45, 7) is 9.23. The maximum Gasteiger partial charge on any atom is 0.138 e. The number of nitrogens with zero attached hydrogens (tertiary/aromatic N) is 1. The van der Waals surface area contributed by atoms with Gasteiger partial charge in [-0.3, -0.25) is 4.98 Å². The minimum atomic E-state index is 0.134. The van der Waals surface area contributed by atoms with Gasteiger partial charge in [0.15, 0.2) is 0 Å². The molecule has 0 spiro atoms. The predicted molar refractivity (Wildman–Crippen MR) is 62.1 cm³/mol. The van der Waals surface area contributed by atoms with E-state index in [2.05, 4.69) is 16.9 Å². The number of aryl methyl sites for hydroxylation is 1. The Morgan fingerprint density at radius 3 is 3.00 bits per heavy atom. The molecule has 1 heterocycles. The highest BCUT2D eigenvalue weighted by Crippen LogP contribution is 2.10. The van der Waals surface area contributed by atoms with Gasteiger partial charge in [0.2, 0.25) is 0 Å². The van der Waals surface area contributed by atoms with Gasteiger partial charge in [0.1, 0.15) is 11.9 Å². The fourth-order valence-corrected chi connectivity index (χ4v) is 1.19. The fraction of sp³-hybridized carbons (Fsp3) is 0.417. The van der Waals surface area contributed by atoms with Gasteiger partial charge in [0.25, 0.3) is 0 Å². The van der Waals surface area contributed by atoms with Gasteiger partial charge < -0.3 is 10.1 Å². The quantitative estimate of drug-likeness (QED) is 0.570. The molecule has 0 saturated carbocycles. The summed E-state index contributed by atoms with van der Waals surface area (Å²) >= 11 is 0. The van der Waals surface area contributed by atoms with E-state index < -0.39 is 0 Å². The molecule has 1 unspecified atom stereocenters. The summed E-state index contributed by atoms with van der Waals surface area (Å²) in [5.41, 5.74) is 1.000. The Morgan fingerprint density at radius 2 is 2.40 bits per heavy atom. The van der Waals surface area contributed by atoms with Gasteiger partial charge >= 0.3 is 0 Å². The second kappa shape index (κ2) is 6.19. The minimum absolute atomic E-state index is 0.134. The first-order valence-corrected chi connectivity index (χ1v) is 5.13. The highest BCUT2D eigenvalue weighted by molar-refractivity contribution is 5.19. The third kappa shape index (κ3) is 4.61. The first kappa shape index (κ1) is 11.7. The third-order valence-corrected chi connectivity index (χ3v) is 1.94. The van der Waals surface area contributed by atoms with E-state index in [4.69, 9.17) is 4.74 Å². The van der Waals surface area contributed by atoms with Crippen molar-refractivity contribution in [2.45, 2.75) is 20.0 Å². The molecule has 0 fully saturated rings. The first-order valence-electron chi connectivity index (χ1n) is 5.13. The Balaban J connectivity index is 2.34. The van der Waals surface area contributed by atoms with Gasteiger partial charge in [-0.1, -0.05) is 6.08 Å². The molecule has 0 aliphatic heterocycles. The fourth-order valence-electron chi connectivity index (χ4n) is 1.19.